The summed E-state index contributed by atoms with van der Waals surface area (Å²) in [5.74, 6) is 0.781. The van der Waals surface area contributed by atoms with E-state index in [4.69, 9.17) is 9.98 Å². The maximum absolute atomic E-state index is 5.59. The Balaban J connectivity index is 1.14. The number of amidine groups is 1. The zero-order valence-corrected chi connectivity index (χ0v) is 30.9. The van der Waals surface area contributed by atoms with Gasteiger partial charge in [0.15, 0.2) is 5.84 Å². The van der Waals surface area contributed by atoms with Gasteiger partial charge in [0.2, 0.25) is 0 Å². The van der Waals surface area contributed by atoms with Gasteiger partial charge >= 0.3 is 0 Å². The van der Waals surface area contributed by atoms with Crippen molar-refractivity contribution in [3.05, 3.63) is 193 Å². The molecule has 0 saturated heterocycles. The highest BCUT2D eigenvalue weighted by molar-refractivity contribution is 7.26. The molecule has 0 bridgehead atoms. The monoisotopic (exact) mass is 724 g/mol. The lowest BCUT2D eigenvalue weighted by molar-refractivity contribution is 0.756. The molecule has 0 N–H and O–H groups in total. The molecule has 1 aliphatic rings. The van der Waals surface area contributed by atoms with Crippen LogP contribution >= 0.6 is 22.7 Å². The predicted molar refractivity (Wildman–Crippen MR) is 234 cm³/mol. The summed E-state index contributed by atoms with van der Waals surface area (Å²) in [6.07, 6.45) is 0.701. The molecule has 1 atom stereocenters. The van der Waals surface area contributed by atoms with Crippen molar-refractivity contribution in [3.8, 4) is 22.3 Å². The maximum Gasteiger partial charge on any atom is 0.156 e. The van der Waals surface area contributed by atoms with Crippen molar-refractivity contribution in [1.82, 2.24) is 0 Å². The summed E-state index contributed by atoms with van der Waals surface area (Å²) in [4.78, 5) is 10.9. The summed E-state index contributed by atoms with van der Waals surface area (Å²) < 4.78 is 5.26. The molecular weight excluding hydrogens is 693 g/mol. The largest absolute Gasteiger partial charge is 0.258 e. The third-order valence-corrected chi connectivity index (χ3v) is 13.2. The molecule has 8 aromatic carbocycles. The number of fused-ring (bicyclic) bond motifs is 7. The summed E-state index contributed by atoms with van der Waals surface area (Å²) >= 11 is 3.72. The number of nitrogens with zero attached hydrogens (tertiary/aromatic N) is 2. The molecule has 2 nitrogen and oxygen atoms in total. The van der Waals surface area contributed by atoms with Gasteiger partial charge in [0, 0.05) is 52.3 Å². The minimum Gasteiger partial charge on any atom is -0.258 e. The van der Waals surface area contributed by atoms with Crippen LogP contribution in [-0.2, 0) is 0 Å². The van der Waals surface area contributed by atoms with Crippen molar-refractivity contribution < 1.29 is 0 Å². The molecular formula is C50H32N2S2. The topological polar surface area (TPSA) is 24.7 Å². The van der Waals surface area contributed by atoms with Crippen LogP contribution in [-0.4, -0.2) is 11.5 Å². The number of aliphatic imine (C=N–C) groups is 2. The molecule has 0 aliphatic carbocycles. The van der Waals surface area contributed by atoms with Crippen LogP contribution in [0.2, 0.25) is 0 Å². The van der Waals surface area contributed by atoms with E-state index in [-0.39, 0.29) is 6.04 Å². The second-order valence-electron chi connectivity index (χ2n) is 14.0. The van der Waals surface area contributed by atoms with Gasteiger partial charge in [0.1, 0.15) is 0 Å². The maximum atomic E-state index is 5.59. The molecule has 54 heavy (non-hydrogen) atoms. The SMILES string of the molecule is c1ccc(C2=NC(c3cccc4ccccc34)=NC(c3cc(-c4ccc5sc6ccccc6c5c4)ccc3-c3ccc4sc5ccccc5c4c3)C2)cc1. The fourth-order valence-corrected chi connectivity index (χ4v) is 10.4. The molecule has 0 spiro atoms. The van der Waals surface area contributed by atoms with Crippen LogP contribution in [0.4, 0.5) is 0 Å². The van der Waals surface area contributed by atoms with Crippen LogP contribution in [0.1, 0.15) is 29.2 Å². The molecule has 10 aromatic rings. The van der Waals surface area contributed by atoms with E-state index in [1.165, 1.54) is 73.5 Å². The van der Waals surface area contributed by atoms with E-state index in [0.29, 0.717) is 6.42 Å². The highest BCUT2D eigenvalue weighted by atomic mass is 32.1. The van der Waals surface area contributed by atoms with Gasteiger partial charge in [-0.15, -0.1) is 22.7 Å². The normalized spacial score (nSPS) is 14.6. The minimum atomic E-state index is -0.151. The quantitative estimate of drug-likeness (QED) is 0.169. The highest BCUT2D eigenvalue weighted by Gasteiger charge is 2.26. The van der Waals surface area contributed by atoms with E-state index >= 15 is 0 Å². The molecule has 1 aliphatic heterocycles. The first kappa shape index (κ1) is 31.3. The molecule has 0 saturated carbocycles. The van der Waals surface area contributed by atoms with Gasteiger partial charge in [-0.05, 0) is 86.6 Å². The summed E-state index contributed by atoms with van der Waals surface area (Å²) in [5, 5.41) is 7.57. The van der Waals surface area contributed by atoms with Gasteiger partial charge in [-0.25, -0.2) is 4.99 Å². The van der Waals surface area contributed by atoms with Gasteiger partial charge in [-0.3, -0.25) is 4.99 Å². The van der Waals surface area contributed by atoms with Crippen molar-refractivity contribution in [2.45, 2.75) is 12.5 Å². The van der Waals surface area contributed by atoms with Crippen LogP contribution < -0.4 is 0 Å². The van der Waals surface area contributed by atoms with Crippen LogP contribution in [0.5, 0.6) is 0 Å². The molecule has 0 fully saturated rings. The second kappa shape index (κ2) is 12.7. The van der Waals surface area contributed by atoms with Crippen LogP contribution in [0.3, 0.4) is 0 Å². The molecule has 4 heteroatoms. The summed E-state index contributed by atoms with van der Waals surface area (Å²) in [7, 11) is 0. The number of rotatable bonds is 5. The lowest BCUT2D eigenvalue weighted by atomic mass is 9.87. The van der Waals surface area contributed by atoms with Gasteiger partial charge in [0.25, 0.3) is 0 Å². The van der Waals surface area contributed by atoms with Crippen LogP contribution in [0, 0.1) is 0 Å². The lowest BCUT2D eigenvalue weighted by Gasteiger charge is -2.25. The Morgan fingerprint density at radius 3 is 1.74 bits per heavy atom. The number of hydrogen-bond acceptors (Lipinski definition) is 4. The van der Waals surface area contributed by atoms with E-state index in [1.807, 2.05) is 22.7 Å². The Morgan fingerprint density at radius 1 is 0.407 bits per heavy atom. The Kier molecular flexibility index (Phi) is 7.39. The summed E-state index contributed by atoms with van der Waals surface area (Å²) in [6, 6.07) is 63.9. The number of benzene rings is 8. The van der Waals surface area contributed by atoms with Gasteiger partial charge in [0.05, 0.1) is 11.8 Å². The Morgan fingerprint density at radius 2 is 0.981 bits per heavy atom. The summed E-state index contributed by atoms with van der Waals surface area (Å²) in [6.45, 7) is 0. The molecule has 254 valence electrons. The first-order valence-corrected chi connectivity index (χ1v) is 20.0. The zero-order chi connectivity index (χ0) is 35.6. The van der Waals surface area contributed by atoms with Crippen molar-refractivity contribution >= 4 is 85.3 Å². The number of hydrogen-bond donors (Lipinski definition) is 0. The standard InChI is InChI=1S/C50H32N2S2/c1-2-12-32(13-3-1)44-30-45(52-50(51-44)40-18-10-14-31-11-4-5-15-36(31)40)41-27-33(34-22-25-48-42(28-34)38-16-6-8-19-46(38)53-48)21-24-37(41)35-23-26-49-43(29-35)39-17-7-9-20-47(39)54-49/h1-29,45H,30H2. The third-order valence-electron chi connectivity index (χ3n) is 10.9. The second-order valence-corrected chi connectivity index (χ2v) is 16.2. The highest BCUT2D eigenvalue weighted by Crippen LogP contribution is 2.43. The van der Waals surface area contributed by atoms with E-state index in [0.717, 1.165) is 28.1 Å². The predicted octanol–water partition coefficient (Wildman–Crippen LogP) is 14.3. The van der Waals surface area contributed by atoms with Gasteiger partial charge < -0.3 is 0 Å². The first-order valence-electron chi connectivity index (χ1n) is 18.4. The average molecular weight is 725 g/mol. The smallest absolute Gasteiger partial charge is 0.156 e. The van der Waals surface area contributed by atoms with Gasteiger partial charge in [-0.1, -0.05) is 133 Å². The number of thiophene rings is 2. The Bertz CT molecular complexity index is 3140. The molecule has 0 radical (unpaired) electrons. The Labute approximate surface area is 321 Å². The first-order chi connectivity index (χ1) is 26.7. The van der Waals surface area contributed by atoms with E-state index < -0.39 is 0 Å². The van der Waals surface area contributed by atoms with E-state index in [9.17, 15) is 0 Å². The fourth-order valence-electron chi connectivity index (χ4n) is 8.20. The summed E-state index contributed by atoms with van der Waals surface area (Å²) in [5.41, 5.74) is 9.28. The van der Waals surface area contributed by atoms with Gasteiger partial charge in [-0.2, -0.15) is 0 Å². The molecule has 11 rings (SSSR count). The average Bonchev–Trinajstić information content (AvgIpc) is 3.81. The van der Waals surface area contributed by atoms with Crippen LogP contribution in [0.25, 0.3) is 73.4 Å². The minimum absolute atomic E-state index is 0.151. The lowest BCUT2D eigenvalue weighted by Crippen LogP contribution is -2.18. The van der Waals surface area contributed by atoms with Crippen LogP contribution in [0.15, 0.2) is 186 Å². The third kappa shape index (κ3) is 5.29. The van der Waals surface area contributed by atoms with Crippen molar-refractivity contribution in [2.75, 3.05) is 0 Å². The van der Waals surface area contributed by atoms with Crippen molar-refractivity contribution in [2.24, 2.45) is 9.98 Å². The fraction of sp³-hybridized carbons (Fsp3) is 0.0400. The molecule has 0 amide bonds. The Hall–Kier alpha value is -6.20. The molecule has 2 aromatic heterocycles. The molecule has 3 heterocycles. The molecule has 1 unspecified atom stereocenters. The van der Waals surface area contributed by atoms with E-state index in [2.05, 4.69) is 176 Å². The van der Waals surface area contributed by atoms with Crippen molar-refractivity contribution in [1.29, 1.82) is 0 Å². The van der Waals surface area contributed by atoms with Crippen molar-refractivity contribution in [3.63, 3.8) is 0 Å². The van der Waals surface area contributed by atoms with E-state index in [1.54, 1.807) is 0 Å². The zero-order valence-electron chi connectivity index (χ0n) is 29.2.